The lowest BCUT2D eigenvalue weighted by molar-refractivity contribution is 0.374. The summed E-state index contributed by atoms with van der Waals surface area (Å²) in [6, 6.07) is 8.63. The number of fused-ring (bicyclic) bond motifs is 1. The first-order valence-corrected chi connectivity index (χ1v) is 6.03. The Balaban J connectivity index is 2.16. The molecule has 17 heavy (non-hydrogen) atoms. The van der Waals surface area contributed by atoms with Gasteiger partial charge in [-0.1, -0.05) is 25.1 Å². The van der Waals surface area contributed by atoms with Gasteiger partial charge in [-0.2, -0.15) is 0 Å². The first kappa shape index (κ1) is 10.7. The topological polar surface area (TPSA) is 50.9 Å². The lowest BCUT2D eigenvalue weighted by Crippen LogP contribution is -2.33. The van der Waals surface area contributed by atoms with Crippen LogP contribution in [-0.4, -0.2) is 4.98 Å². The van der Waals surface area contributed by atoms with Crippen LogP contribution in [0.4, 0.5) is 0 Å². The number of hydrogen-bond donors (Lipinski definition) is 2. The van der Waals surface area contributed by atoms with Crippen LogP contribution in [0.15, 0.2) is 36.7 Å². The smallest absolute Gasteiger partial charge is 0.0519 e. The summed E-state index contributed by atoms with van der Waals surface area (Å²) in [6.45, 7) is 2.29. The van der Waals surface area contributed by atoms with Crippen molar-refractivity contribution >= 4 is 10.8 Å². The van der Waals surface area contributed by atoms with Crippen molar-refractivity contribution in [2.45, 2.75) is 25.8 Å². The molecule has 0 bridgehead atoms. The summed E-state index contributed by atoms with van der Waals surface area (Å²) in [5, 5.41) is 2.42. The molecule has 1 fully saturated rings. The van der Waals surface area contributed by atoms with Crippen LogP contribution in [0.1, 0.15) is 31.4 Å². The third-order valence-corrected chi connectivity index (χ3v) is 3.93. The van der Waals surface area contributed by atoms with E-state index in [9.17, 15) is 0 Å². The van der Waals surface area contributed by atoms with Gasteiger partial charge in [0.05, 0.1) is 6.04 Å². The predicted molar refractivity (Wildman–Crippen MR) is 69.1 cm³/mol. The molecule has 3 N–H and O–H groups in total. The van der Waals surface area contributed by atoms with Crippen molar-refractivity contribution in [3.63, 3.8) is 0 Å². The van der Waals surface area contributed by atoms with Crippen LogP contribution in [0.2, 0.25) is 0 Å². The molecule has 1 saturated carbocycles. The van der Waals surface area contributed by atoms with Crippen molar-refractivity contribution in [2.24, 2.45) is 11.3 Å². The summed E-state index contributed by atoms with van der Waals surface area (Å²) in [5.41, 5.74) is 4.59. The van der Waals surface area contributed by atoms with Gasteiger partial charge in [0.25, 0.3) is 0 Å². The van der Waals surface area contributed by atoms with E-state index in [4.69, 9.17) is 5.84 Å². The first-order chi connectivity index (χ1) is 8.24. The lowest BCUT2D eigenvalue weighted by atomic mass is 9.89. The summed E-state index contributed by atoms with van der Waals surface area (Å²) in [7, 11) is 0. The number of nitrogens with two attached hydrogens (primary N) is 1. The predicted octanol–water partition coefficient (Wildman–Crippen LogP) is 2.54. The number of nitrogens with zero attached hydrogens (tertiary/aromatic N) is 1. The van der Waals surface area contributed by atoms with Crippen molar-refractivity contribution in [3.8, 4) is 0 Å². The van der Waals surface area contributed by atoms with E-state index in [1.54, 1.807) is 0 Å². The molecule has 0 amide bonds. The molecule has 3 nitrogen and oxygen atoms in total. The molecular weight excluding hydrogens is 210 g/mol. The quantitative estimate of drug-likeness (QED) is 0.626. The number of benzene rings is 1. The van der Waals surface area contributed by atoms with E-state index >= 15 is 0 Å². The lowest BCUT2D eigenvalue weighted by Gasteiger charge is -2.24. The third kappa shape index (κ3) is 1.72. The molecule has 3 rings (SSSR count). The number of pyridine rings is 1. The molecule has 0 radical (unpaired) electrons. The maximum atomic E-state index is 5.76. The second kappa shape index (κ2) is 3.79. The Morgan fingerprint density at radius 1 is 1.35 bits per heavy atom. The zero-order valence-corrected chi connectivity index (χ0v) is 9.98. The molecule has 1 aliphatic rings. The van der Waals surface area contributed by atoms with Crippen molar-refractivity contribution in [1.29, 1.82) is 0 Å². The standard InChI is InChI=1S/C14H17N3/c1-14(6-7-14)13(17-15)12-4-2-3-10-9-16-8-5-11(10)12/h2-5,8-9,13,17H,6-7,15H2,1H3. The van der Waals surface area contributed by atoms with E-state index < -0.39 is 0 Å². The van der Waals surface area contributed by atoms with E-state index in [-0.39, 0.29) is 6.04 Å². The van der Waals surface area contributed by atoms with Gasteiger partial charge in [0.1, 0.15) is 0 Å². The van der Waals surface area contributed by atoms with Gasteiger partial charge < -0.3 is 0 Å². The highest BCUT2D eigenvalue weighted by atomic mass is 15.2. The number of nitrogens with one attached hydrogen (secondary N) is 1. The fraction of sp³-hybridized carbons (Fsp3) is 0.357. The van der Waals surface area contributed by atoms with Crippen LogP contribution in [0, 0.1) is 5.41 Å². The van der Waals surface area contributed by atoms with Crippen LogP contribution in [-0.2, 0) is 0 Å². The van der Waals surface area contributed by atoms with Crippen molar-refractivity contribution in [1.82, 2.24) is 10.4 Å². The highest BCUT2D eigenvalue weighted by Gasteiger charge is 2.45. The summed E-state index contributed by atoms with van der Waals surface area (Å²) in [4.78, 5) is 4.17. The summed E-state index contributed by atoms with van der Waals surface area (Å²) < 4.78 is 0. The third-order valence-electron chi connectivity index (χ3n) is 3.93. The number of hydrazine groups is 1. The molecule has 1 unspecified atom stereocenters. The van der Waals surface area contributed by atoms with E-state index in [0.717, 1.165) is 0 Å². The fourth-order valence-corrected chi connectivity index (χ4v) is 2.55. The largest absolute Gasteiger partial charge is 0.271 e. The van der Waals surface area contributed by atoms with Crippen molar-refractivity contribution in [2.75, 3.05) is 0 Å². The van der Waals surface area contributed by atoms with E-state index in [2.05, 4.69) is 41.6 Å². The van der Waals surface area contributed by atoms with Gasteiger partial charge in [-0.25, -0.2) is 0 Å². The van der Waals surface area contributed by atoms with Crippen LogP contribution < -0.4 is 11.3 Å². The van der Waals surface area contributed by atoms with Gasteiger partial charge in [0, 0.05) is 17.8 Å². The Morgan fingerprint density at radius 3 is 2.88 bits per heavy atom. The van der Waals surface area contributed by atoms with E-state index in [1.165, 1.54) is 29.2 Å². The summed E-state index contributed by atoms with van der Waals surface area (Å²) >= 11 is 0. The molecule has 3 heteroatoms. The maximum absolute atomic E-state index is 5.76. The Bertz CT molecular complexity index is 541. The van der Waals surface area contributed by atoms with Crippen molar-refractivity contribution < 1.29 is 0 Å². The maximum Gasteiger partial charge on any atom is 0.0519 e. The average molecular weight is 227 g/mol. The number of hydrogen-bond acceptors (Lipinski definition) is 3. The molecule has 2 aromatic rings. The fourth-order valence-electron chi connectivity index (χ4n) is 2.55. The SMILES string of the molecule is CC1(C(NN)c2cccc3cnccc23)CC1. The minimum Gasteiger partial charge on any atom is -0.271 e. The van der Waals surface area contributed by atoms with Gasteiger partial charge >= 0.3 is 0 Å². The van der Waals surface area contributed by atoms with Crippen molar-refractivity contribution in [3.05, 3.63) is 42.2 Å². The second-order valence-corrected chi connectivity index (χ2v) is 5.20. The Labute approximate surface area is 101 Å². The average Bonchev–Trinajstić information content (AvgIpc) is 3.09. The minimum absolute atomic E-state index is 0.230. The first-order valence-electron chi connectivity index (χ1n) is 6.03. The van der Waals surface area contributed by atoms with Gasteiger partial charge in [-0.3, -0.25) is 16.3 Å². The molecule has 0 aliphatic heterocycles. The highest BCUT2D eigenvalue weighted by Crippen LogP contribution is 2.54. The monoisotopic (exact) mass is 227 g/mol. The Kier molecular flexibility index (Phi) is 2.38. The Morgan fingerprint density at radius 2 is 2.18 bits per heavy atom. The van der Waals surface area contributed by atoms with Gasteiger partial charge in [-0.05, 0) is 35.3 Å². The van der Waals surface area contributed by atoms with Gasteiger partial charge in [-0.15, -0.1) is 0 Å². The van der Waals surface area contributed by atoms with Crippen LogP contribution in [0.25, 0.3) is 10.8 Å². The second-order valence-electron chi connectivity index (χ2n) is 5.20. The molecule has 88 valence electrons. The van der Waals surface area contributed by atoms with Crippen LogP contribution >= 0.6 is 0 Å². The zero-order chi connectivity index (χ0) is 11.9. The van der Waals surface area contributed by atoms with E-state index in [0.29, 0.717) is 5.41 Å². The Hall–Kier alpha value is -1.45. The zero-order valence-electron chi connectivity index (χ0n) is 9.98. The van der Waals surface area contributed by atoms with Crippen LogP contribution in [0.3, 0.4) is 0 Å². The highest BCUT2D eigenvalue weighted by molar-refractivity contribution is 5.85. The minimum atomic E-state index is 0.230. The molecule has 1 heterocycles. The summed E-state index contributed by atoms with van der Waals surface area (Å²) in [5.74, 6) is 5.76. The molecule has 0 spiro atoms. The molecule has 1 aromatic carbocycles. The van der Waals surface area contributed by atoms with Gasteiger partial charge in [0.15, 0.2) is 0 Å². The van der Waals surface area contributed by atoms with Gasteiger partial charge in [0.2, 0.25) is 0 Å². The number of aromatic nitrogens is 1. The molecule has 1 aliphatic carbocycles. The molecular formula is C14H17N3. The number of rotatable bonds is 3. The molecule has 1 aromatic heterocycles. The normalized spacial score (nSPS) is 19.2. The summed E-state index contributed by atoms with van der Waals surface area (Å²) in [6.07, 6.45) is 6.23. The molecule has 1 atom stereocenters. The van der Waals surface area contributed by atoms with Crippen LogP contribution in [0.5, 0.6) is 0 Å². The molecule has 0 saturated heterocycles. The van der Waals surface area contributed by atoms with E-state index in [1.807, 2.05) is 12.4 Å².